The van der Waals surface area contributed by atoms with E-state index in [2.05, 4.69) is 76.3 Å². The van der Waals surface area contributed by atoms with Gasteiger partial charge in [-0.25, -0.2) is 4.98 Å². The summed E-state index contributed by atoms with van der Waals surface area (Å²) in [5.41, 5.74) is 8.15. The van der Waals surface area contributed by atoms with Crippen LogP contribution in [0.5, 0.6) is 0 Å². The van der Waals surface area contributed by atoms with Crippen LogP contribution in [0.1, 0.15) is 19.4 Å². The fourth-order valence-corrected chi connectivity index (χ4v) is 2.60. The standard InChI is InChI=1S/C13H19IN4/c1-9(6-7-17(2)3)18-12-5-4-10(14)8-11(12)16-13(18)15/h4-5,8-9H,6-7H2,1-3H3,(H2,15,16). The minimum atomic E-state index is 0.359. The van der Waals surface area contributed by atoms with Gasteiger partial charge in [-0.05, 0) is 74.8 Å². The van der Waals surface area contributed by atoms with E-state index < -0.39 is 0 Å². The van der Waals surface area contributed by atoms with E-state index in [0.717, 1.165) is 24.0 Å². The Morgan fingerprint density at radius 3 is 2.83 bits per heavy atom. The highest BCUT2D eigenvalue weighted by molar-refractivity contribution is 14.1. The zero-order valence-corrected chi connectivity index (χ0v) is 13.2. The average molecular weight is 358 g/mol. The molecule has 0 amide bonds. The maximum atomic E-state index is 6.05. The van der Waals surface area contributed by atoms with E-state index in [4.69, 9.17) is 5.73 Å². The molecule has 2 N–H and O–H groups in total. The van der Waals surface area contributed by atoms with Crippen LogP contribution in [0.25, 0.3) is 11.0 Å². The van der Waals surface area contributed by atoms with Crippen LogP contribution in [-0.4, -0.2) is 35.1 Å². The van der Waals surface area contributed by atoms with Crippen molar-refractivity contribution < 1.29 is 0 Å². The third-order valence-electron chi connectivity index (χ3n) is 3.11. The molecule has 1 heterocycles. The summed E-state index contributed by atoms with van der Waals surface area (Å²) in [6.45, 7) is 3.24. The molecule has 0 bridgehead atoms. The number of rotatable bonds is 4. The van der Waals surface area contributed by atoms with E-state index in [1.54, 1.807) is 0 Å². The largest absolute Gasteiger partial charge is 0.369 e. The van der Waals surface area contributed by atoms with Gasteiger partial charge >= 0.3 is 0 Å². The van der Waals surface area contributed by atoms with E-state index in [-0.39, 0.29) is 0 Å². The fraction of sp³-hybridized carbons (Fsp3) is 0.462. The number of hydrogen-bond acceptors (Lipinski definition) is 3. The first-order valence-electron chi connectivity index (χ1n) is 6.06. The number of anilines is 1. The summed E-state index contributed by atoms with van der Waals surface area (Å²) in [6, 6.07) is 6.63. The number of benzene rings is 1. The second kappa shape index (κ2) is 5.44. The predicted molar refractivity (Wildman–Crippen MR) is 84.7 cm³/mol. The molecule has 0 radical (unpaired) electrons. The molecule has 18 heavy (non-hydrogen) atoms. The molecule has 0 aliphatic rings. The van der Waals surface area contributed by atoms with Gasteiger partial charge in [-0.15, -0.1) is 0 Å². The first-order chi connectivity index (χ1) is 8.49. The molecule has 1 aromatic carbocycles. The van der Waals surface area contributed by atoms with Gasteiger partial charge in [-0.2, -0.15) is 0 Å². The topological polar surface area (TPSA) is 47.1 Å². The van der Waals surface area contributed by atoms with Crippen molar-refractivity contribution in [3.63, 3.8) is 0 Å². The highest BCUT2D eigenvalue weighted by Crippen LogP contribution is 2.25. The molecular weight excluding hydrogens is 339 g/mol. The van der Waals surface area contributed by atoms with Crippen molar-refractivity contribution in [2.45, 2.75) is 19.4 Å². The van der Waals surface area contributed by atoms with Crippen molar-refractivity contribution >= 4 is 39.6 Å². The monoisotopic (exact) mass is 358 g/mol. The van der Waals surface area contributed by atoms with Crippen LogP contribution in [0.4, 0.5) is 5.95 Å². The van der Waals surface area contributed by atoms with Crippen LogP contribution in [0, 0.1) is 3.57 Å². The number of halogens is 1. The summed E-state index contributed by atoms with van der Waals surface area (Å²) in [5, 5.41) is 0. The molecule has 1 unspecified atom stereocenters. The van der Waals surface area contributed by atoms with Crippen LogP contribution in [0.15, 0.2) is 18.2 Å². The van der Waals surface area contributed by atoms with Gasteiger partial charge in [0.25, 0.3) is 0 Å². The number of fused-ring (bicyclic) bond motifs is 1. The number of hydrogen-bond donors (Lipinski definition) is 1. The Bertz CT molecular complexity index is 547. The maximum Gasteiger partial charge on any atom is 0.201 e. The van der Waals surface area contributed by atoms with Gasteiger partial charge in [0.15, 0.2) is 0 Å². The van der Waals surface area contributed by atoms with Gasteiger partial charge in [0, 0.05) is 9.61 Å². The number of imidazole rings is 1. The van der Waals surface area contributed by atoms with Gasteiger partial charge < -0.3 is 15.2 Å². The molecule has 0 saturated carbocycles. The normalized spacial score (nSPS) is 13.4. The smallest absolute Gasteiger partial charge is 0.201 e. The van der Waals surface area contributed by atoms with E-state index in [0.29, 0.717) is 12.0 Å². The Labute approximate surface area is 121 Å². The van der Waals surface area contributed by atoms with Gasteiger partial charge in [0.1, 0.15) is 0 Å². The number of nitrogens with two attached hydrogens (primary N) is 1. The van der Waals surface area contributed by atoms with E-state index in [1.165, 1.54) is 3.57 Å². The summed E-state index contributed by atoms with van der Waals surface area (Å²) < 4.78 is 3.32. The lowest BCUT2D eigenvalue weighted by molar-refractivity contribution is 0.362. The molecule has 2 rings (SSSR count). The quantitative estimate of drug-likeness (QED) is 0.855. The first-order valence-corrected chi connectivity index (χ1v) is 7.14. The zero-order valence-electron chi connectivity index (χ0n) is 11.0. The minimum absolute atomic E-state index is 0.359. The highest BCUT2D eigenvalue weighted by Gasteiger charge is 2.14. The highest BCUT2D eigenvalue weighted by atomic mass is 127. The van der Waals surface area contributed by atoms with E-state index in [1.807, 2.05) is 0 Å². The Morgan fingerprint density at radius 1 is 1.44 bits per heavy atom. The molecule has 2 aromatic rings. The molecule has 5 heteroatoms. The molecule has 98 valence electrons. The summed E-state index contributed by atoms with van der Waals surface area (Å²) in [6.07, 6.45) is 1.06. The molecule has 0 aliphatic heterocycles. The Hall–Kier alpha value is -0.820. The SMILES string of the molecule is CC(CCN(C)C)n1c(N)nc2cc(I)ccc21. The molecule has 1 aromatic heterocycles. The Kier molecular flexibility index (Phi) is 4.11. The summed E-state index contributed by atoms with van der Waals surface area (Å²) in [7, 11) is 4.18. The molecule has 4 nitrogen and oxygen atoms in total. The Morgan fingerprint density at radius 2 is 2.17 bits per heavy atom. The second-order valence-electron chi connectivity index (χ2n) is 4.91. The van der Waals surface area contributed by atoms with Gasteiger partial charge in [-0.3, -0.25) is 0 Å². The molecule has 0 saturated heterocycles. The second-order valence-corrected chi connectivity index (χ2v) is 6.16. The van der Waals surface area contributed by atoms with Gasteiger partial charge in [0.05, 0.1) is 11.0 Å². The van der Waals surface area contributed by atoms with Crippen LogP contribution < -0.4 is 5.73 Å². The summed E-state index contributed by atoms with van der Waals surface area (Å²) in [5.74, 6) is 0.609. The van der Waals surface area contributed by atoms with Crippen LogP contribution in [-0.2, 0) is 0 Å². The lowest BCUT2D eigenvalue weighted by Crippen LogP contribution is -2.18. The number of nitrogens with zero attached hydrogens (tertiary/aromatic N) is 3. The molecule has 0 aliphatic carbocycles. The van der Waals surface area contributed by atoms with Crippen molar-refractivity contribution in [2.24, 2.45) is 0 Å². The fourth-order valence-electron chi connectivity index (χ4n) is 2.13. The van der Waals surface area contributed by atoms with Gasteiger partial charge in [-0.1, -0.05) is 0 Å². The van der Waals surface area contributed by atoms with Crippen LogP contribution >= 0.6 is 22.6 Å². The predicted octanol–water partition coefficient (Wildman–Crippen LogP) is 2.74. The molecule has 0 fully saturated rings. The number of nitrogen functional groups attached to an aromatic ring is 1. The van der Waals surface area contributed by atoms with Crippen LogP contribution in [0.2, 0.25) is 0 Å². The van der Waals surface area contributed by atoms with E-state index in [9.17, 15) is 0 Å². The lowest BCUT2D eigenvalue weighted by Gasteiger charge is -2.18. The average Bonchev–Trinajstić information content (AvgIpc) is 2.61. The third-order valence-corrected chi connectivity index (χ3v) is 3.78. The lowest BCUT2D eigenvalue weighted by atomic mass is 10.2. The first kappa shape index (κ1) is 13.6. The minimum Gasteiger partial charge on any atom is -0.369 e. The van der Waals surface area contributed by atoms with Crippen molar-refractivity contribution in [1.29, 1.82) is 0 Å². The van der Waals surface area contributed by atoms with Gasteiger partial charge in [0.2, 0.25) is 5.95 Å². The van der Waals surface area contributed by atoms with Crippen molar-refractivity contribution in [3.8, 4) is 0 Å². The van der Waals surface area contributed by atoms with Crippen molar-refractivity contribution in [3.05, 3.63) is 21.8 Å². The third kappa shape index (κ3) is 2.77. The van der Waals surface area contributed by atoms with E-state index >= 15 is 0 Å². The van der Waals surface area contributed by atoms with Crippen LogP contribution in [0.3, 0.4) is 0 Å². The molecular formula is C13H19IN4. The maximum absolute atomic E-state index is 6.05. The summed E-state index contributed by atoms with van der Waals surface area (Å²) in [4.78, 5) is 6.63. The number of aromatic nitrogens is 2. The van der Waals surface area contributed by atoms with Crippen molar-refractivity contribution in [2.75, 3.05) is 26.4 Å². The molecule has 1 atom stereocenters. The zero-order chi connectivity index (χ0) is 13.3. The van der Waals surface area contributed by atoms with Crippen molar-refractivity contribution in [1.82, 2.24) is 14.5 Å². The Balaban J connectivity index is 2.34. The summed E-state index contributed by atoms with van der Waals surface area (Å²) >= 11 is 2.29. The molecule has 0 spiro atoms.